The molecule has 0 spiro atoms. The van der Waals surface area contributed by atoms with Crippen molar-refractivity contribution in [2.45, 2.75) is 25.9 Å². The number of carboxylic acid groups (broad SMARTS) is 1. The highest BCUT2D eigenvalue weighted by Crippen LogP contribution is 2.26. The highest BCUT2D eigenvalue weighted by atomic mass is 16.4. The molecule has 5 heteroatoms. The van der Waals surface area contributed by atoms with E-state index >= 15 is 0 Å². The second kappa shape index (κ2) is 5.09. The normalized spacial score (nSPS) is 17.4. The van der Waals surface area contributed by atoms with E-state index in [4.69, 9.17) is 4.42 Å². The average Bonchev–Trinajstić information content (AvgIpc) is 2.91. The van der Waals surface area contributed by atoms with Gasteiger partial charge in [0.25, 0.3) is 5.91 Å². The molecule has 0 fully saturated rings. The van der Waals surface area contributed by atoms with Crippen molar-refractivity contribution in [2.24, 2.45) is 0 Å². The molecule has 0 saturated heterocycles. The monoisotopic (exact) mass is 285 g/mol. The number of rotatable bonds is 2. The van der Waals surface area contributed by atoms with Crippen LogP contribution < -0.4 is 0 Å². The van der Waals surface area contributed by atoms with Crippen LogP contribution in [-0.2, 0) is 17.8 Å². The number of hydrogen-bond donors (Lipinski definition) is 1. The Balaban J connectivity index is 1.98. The number of fused-ring (bicyclic) bond motifs is 1. The number of carboxylic acids is 1. The quantitative estimate of drug-likeness (QED) is 0.918. The molecule has 3 rings (SSSR count). The van der Waals surface area contributed by atoms with Gasteiger partial charge in [0, 0.05) is 18.5 Å². The van der Waals surface area contributed by atoms with Gasteiger partial charge in [-0.2, -0.15) is 0 Å². The van der Waals surface area contributed by atoms with Crippen molar-refractivity contribution in [1.29, 1.82) is 0 Å². The number of benzene rings is 1. The third-order valence-electron chi connectivity index (χ3n) is 3.85. The fraction of sp³-hybridized carbons (Fsp3) is 0.250. The second-order valence-electron chi connectivity index (χ2n) is 5.19. The van der Waals surface area contributed by atoms with Crippen LogP contribution in [0.25, 0.3) is 0 Å². The summed E-state index contributed by atoms with van der Waals surface area (Å²) in [6.45, 7) is 2.05. The summed E-state index contributed by atoms with van der Waals surface area (Å²) in [6, 6.07) is 8.43. The van der Waals surface area contributed by atoms with Crippen molar-refractivity contribution in [3.05, 3.63) is 59.0 Å². The van der Waals surface area contributed by atoms with Crippen LogP contribution >= 0.6 is 0 Å². The lowest BCUT2D eigenvalue weighted by atomic mass is 9.93. The topological polar surface area (TPSA) is 70.8 Å². The van der Waals surface area contributed by atoms with Crippen LogP contribution in [0.4, 0.5) is 0 Å². The molecule has 0 saturated carbocycles. The van der Waals surface area contributed by atoms with E-state index in [-0.39, 0.29) is 18.2 Å². The van der Waals surface area contributed by atoms with E-state index in [2.05, 4.69) is 0 Å². The van der Waals surface area contributed by atoms with Gasteiger partial charge in [-0.1, -0.05) is 24.3 Å². The first kappa shape index (κ1) is 13.4. The maximum absolute atomic E-state index is 12.6. The standard InChI is InChI=1S/C16H15NO4/c1-10-6-7-21-14(10)15(18)17-9-12-5-3-2-4-11(12)8-13(17)16(19)20/h2-7,13H,8-9H2,1H3,(H,19,20)/t13-/m0/s1. The highest BCUT2D eigenvalue weighted by molar-refractivity contribution is 5.95. The summed E-state index contributed by atoms with van der Waals surface area (Å²) in [6.07, 6.45) is 1.76. The molecule has 0 unspecified atom stereocenters. The van der Waals surface area contributed by atoms with Gasteiger partial charge in [0.1, 0.15) is 6.04 Å². The predicted octanol–water partition coefficient (Wildman–Crippen LogP) is 2.24. The van der Waals surface area contributed by atoms with Crippen molar-refractivity contribution >= 4 is 11.9 Å². The molecule has 1 atom stereocenters. The molecule has 0 bridgehead atoms. The number of aliphatic carboxylic acids is 1. The fourth-order valence-electron chi connectivity index (χ4n) is 2.68. The zero-order valence-corrected chi connectivity index (χ0v) is 11.6. The van der Waals surface area contributed by atoms with Crippen molar-refractivity contribution in [3.63, 3.8) is 0 Å². The maximum Gasteiger partial charge on any atom is 0.326 e. The smallest absolute Gasteiger partial charge is 0.326 e. The van der Waals surface area contributed by atoms with E-state index < -0.39 is 12.0 Å². The first-order valence-corrected chi connectivity index (χ1v) is 6.72. The fourth-order valence-corrected chi connectivity index (χ4v) is 2.68. The SMILES string of the molecule is Cc1ccoc1C(=O)N1Cc2ccccc2C[C@H]1C(=O)O. The number of carbonyl (C=O) groups excluding carboxylic acids is 1. The molecule has 0 radical (unpaired) electrons. The lowest BCUT2D eigenvalue weighted by Crippen LogP contribution is -2.48. The van der Waals surface area contributed by atoms with Gasteiger partial charge >= 0.3 is 5.97 Å². The molecular formula is C16H15NO4. The molecule has 5 nitrogen and oxygen atoms in total. The number of nitrogens with zero attached hydrogens (tertiary/aromatic N) is 1. The molecule has 1 aliphatic heterocycles. The molecule has 1 amide bonds. The second-order valence-corrected chi connectivity index (χ2v) is 5.19. The highest BCUT2D eigenvalue weighted by Gasteiger charge is 2.36. The largest absolute Gasteiger partial charge is 0.480 e. The third-order valence-corrected chi connectivity index (χ3v) is 3.85. The minimum atomic E-state index is -0.998. The van der Waals surface area contributed by atoms with E-state index in [1.807, 2.05) is 24.3 Å². The summed E-state index contributed by atoms with van der Waals surface area (Å²) in [7, 11) is 0. The number of aryl methyl sites for hydroxylation is 1. The Labute approximate surface area is 121 Å². The lowest BCUT2D eigenvalue weighted by molar-refractivity contribution is -0.142. The van der Waals surface area contributed by atoms with Gasteiger partial charge in [0.15, 0.2) is 5.76 Å². The van der Waals surface area contributed by atoms with Gasteiger partial charge < -0.3 is 14.4 Å². The van der Waals surface area contributed by atoms with Gasteiger partial charge in [0.2, 0.25) is 0 Å². The Morgan fingerprint density at radius 3 is 2.57 bits per heavy atom. The Hall–Kier alpha value is -2.56. The van der Waals surface area contributed by atoms with Crippen LogP contribution in [0.2, 0.25) is 0 Å². The predicted molar refractivity (Wildman–Crippen MR) is 74.9 cm³/mol. The minimum Gasteiger partial charge on any atom is -0.480 e. The molecule has 0 aliphatic carbocycles. The van der Waals surface area contributed by atoms with Crippen LogP contribution in [-0.4, -0.2) is 27.9 Å². The number of amides is 1. The summed E-state index contributed by atoms with van der Waals surface area (Å²) < 4.78 is 5.21. The molecule has 1 aromatic carbocycles. The van der Waals surface area contributed by atoms with Crippen LogP contribution in [0.1, 0.15) is 27.2 Å². The lowest BCUT2D eigenvalue weighted by Gasteiger charge is -2.34. The van der Waals surface area contributed by atoms with E-state index in [1.165, 1.54) is 11.2 Å². The van der Waals surface area contributed by atoms with Gasteiger partial charge in [-0.15, -0.1) is 0 Å². The average molecular weight is 285 g/mol. The van der Waals surface area contributed by atoms with E-state index in [9.17, 15) is 14.7 Å². The number of carbonyl (C=O) groups is 2. The van der Waals surface area contributed by atoms with Crippen LogP contribution in [0.5, 0.6) is 0 Å². The van der Waals surface area contributed by atoms with Crippen molar-refractivity contribution in [3.8, 4) is 0 Å². The van der Waals surface area contributed by atoms with Gasteiger partial charge in [-0.05, 0) is 24.1 Å². The molecule has 1 aromatic heterocycles. The van der Waals surface area contributed by atoms with Gasteiger partial charge in [-0.25, -0.2) is 4.79 Å². The summed E-state index contributed by atoms with van der Waals surface area (Å²) in [5, 5.41) is 9.43. The molecule has 108 valence electrons. The van der Waals surface area contributed by atoms with E-state index in [0.717, 1.165) is 11.1 Å². The molecule has 2 aromatic rings. The molecule has 2 heterocycles. The van der Waals surface area contributed by atoms with Crippen LogP contribution in [0.3, 0.4) is 0 Å². The van der Waals surface area contributed by atoms with Crippen LogP contribution in [0, 0.1) is 6.92 Å². The summed E-state index contributed by atoms with van der Waals surface area (Å²) in [5.41, 5.74) is 2.67. The summed E-state index contributed by atoms with van der Waals surface area (Å²) in [4.78, 5) is 25.5. The molecular weight excluding hydrogens is 270 g/mol. The zero-order valence-electron chi connectivity index (χ0n) is 11.6. The first-order chi connectivity index (χ1) is 10.1. The summed E-state index contributed by atoms with van der Waals surface area (Å²) in [5.74, 6) is -1.16. The van der Waals surface area contributed by atoms with Crippen molar-refractivity contribution in [2.75, 3.05) is 0 Å². The van der Waals surface area contributed by atoms with Gasteiger partial charge in [-0.3, -0.25) is 4.79 Å². The molecule has 21 heavy (non-hydrogen) atoms. The van der Waals surface area contributed by atoms with Crippen molar-refractivity contribution in [1.82, 2.24) is 4.90 Å². The Morgan fingerprint density at radius 1 is 1.24 bits per heavy atom. The Morgan fingerprint density at radius 2 is 1.95 bits per heavy atom. The van der Waals surface area contributed by atoms with E-state index in [1.54, 1.807) is 13.0 Å². The zero-order chi connectivity index (χ0) is 15.0. The molecule has 1 aliphatic rings. The number of hydrogen-bond acceptors (Lipinski definition) is 3. The first-order valence-electron chi connectivity index (χ1n) is 6.72. The Kier molecular flexibility index (Phi) is 3.25. The van der Waals surface area contributed by atoms with Crippen LogP contribution in [0.15, 0.2) is 41.0 Å². The van der Waals surface area contributed by atoms with Crippen molar-refractivity contribution < 1.29 is 19.1 Å². The Bertz CT molecular complexity index is 704. The minimum absolute atomic E-state index is 0.209. The van der Waals surface area contributed by atoms with Gasteiger partial charge in [0.05, 0.1) is 6.26 Å². The summed E-state index contributed by atoms with van der Waals surface area (Å²) >= 11 is 0. The molecule has 1 N–H and O–H groups in total. The third kappa shape index (κ3) is 2.31. The van der Waals surface area contributed by atoms with E-state index in [0.29, 0.717) is 12.0 Å². The number of furan rings is 1. The maximum atomic E-state index is 12.6.